The number of hydrogen-bond donors (Lipinski definition) is 0. The quantitative estimate of drug-likeness (QED) is 0.483. The maximum absolute atomic E-state index is 10.6. The number of hydrogen-bond acceptors (Lipinski definition) is 4. The van der Waals surface area contributed by atoms with E-state index in [0.717, 1.165) is 12.8 Å². The summed E-state index contributed by atoms with van der Waals surface area (Å²) < 4.78 is 5.30. The minimum Gasteiger partial charge on any atom is -0.550 e. The van der Waals surface area contributed by atoms with Crippen molar-refractivity contribution in [2.75, 3.05) is 0 Å². The number of ether oxygens (including phenoxy) is 1. The van der Waals surface area contributed by atoms with E-state index in [4.69, 9.17) is 4.74 Å². The second-order valence-electron chi connectivity index (χ2n) is 3.35. The third kappa shape index (κ3) is 0.876. The van der Waals surface area contributed by atoms with E-state index in [1.807, 2.05) is 0 Å². The molecule has 0 amide bonds. The SMILES string of the molecule is O=C[C@@H]1[C@H](C(=O)[O-])[C@H]2CC[C@@H]1O2. The van der Waals surface area contributed by atoms with Gasteiger partial charge in [-0.2, -0.15) is 0 Å². The lowest BCUT2D eigenvalue weighted by Crippen LogP contribution is -2.42. The molecule has 0 N–H and O–H groups in total. The van der Waals surface area contributed by atoms with Crippen LogP contribution in [0.2, 0.25) is 0 Å². The molecule has 2 aliphatic heterocycles. The van der Waals surface area contributed by atoms with Gasteiger partial charge in [-0.05, 0) is 12.8 Å². The van der Waals surface area contributed by atoms with Gasteiger partial charge < -0.3 is 19.4 Å². The molecular weight excluding hydrogens is 160 g/mol. The molecule has 4 heteroatoms. The molecule has 0 radical (unpaired) electrons. The number of fused-ring (bicyclic) bond motifs is 2. The Morgan fingerprint density at radius 2 is 2.08 bits per heavy atom. The predicted octanol–water partition coefficient (Wildman–Crippen LogP) is -1.27. The highest BCUT2D eigenvalue weighted by atomic mass is 16.5. The molecule has 2 aliphatic rings. The summed E-state index contributed by atoms with van der Waals surface area (Å²) in [5.74, 6) is -2.34. The Balaban J connectivity index is 2.21. The number of carboxylic acids is 1. The number of carbonyl (C=O) groups is 2. The maximum Gasteiger partial charge on any atom is 0.126 e. The number of carboxylic acid groups (broad SMARTS) is 1. The summed E-state index contributed by atoms with van der Waals surface area (Å²) >= 11 is 0. The second-order valence-corrected chi connectivity index (χ2v) is 3.35. The van der Waals surface area contributed by atoms with Gasteiger partial charge in [0.15, 0.2) is 0 Å². The Morgan fingerprint density at radius 1 is 1.42 bits per heavy atom. The van der Waals surface area contributed by atoms with Gasteiger partial charge in [-0.15, -0.1) is 0 Å². The highest BCUT2D eigenvalue weighted by Gasteiger charge is 2.49. The molecule has 0 aromatic rings. The molecule has 4 nitrogen and oxygen atoms in total. The molecule has 0 aliphatic carbocycles. The van der Waals surface area contributed by atoms with Crippen molar-refractivity contribution in [1.82, 2.24) is 0 Å². The van der Waals surface area contributed by atoms with Gasteiger partial charge in [0.1, 0.15) is 6.29 Å². The average molecular weight is 169 g/mol. The van der Waals surface area contributed by atoms with E-state index in [9.17, 15) is 14.7 Å². The largest absolute Gasteiger partial charge is 0.550 e. The van der Waals surface area contributed by atoms with Crippen LogP contribution in [0.15, 0.2) is 0 Å². The van der Waals surface area contributed by atoms with Crippen molar-refractivity contribution < 1.29 is 19.4 Å². The molecule has 0 unspecified atom stereocenters. The molecule has 2 fully saturated rings. The van der Waals surface area contributed by atoms with Gasteiger partial charge in [-0.3, -0.25) is 0 Å². The van der Waals surface area contributed by atoms with Crippen LogP contribution in [0.5, 0.6) is 0 Å². The normalized spacial score (nSPS) is 44.7. The lowest BCUT2D eigenvalue weighted by Gasteiger charge is -2.24. The topological polar surface area (TPSA) is 66.4 Å². The Bertz CT molecular complexity index is 225. The zero-order valence-corrected chi connectivity index (χ0v) is 6.43. The highest BCUT2D eigenvalue weighted by Crippen LogP contribution is 2.41. The molecule has 4 atom stereocenters. The third-order valence-electron chi connectivity index (χ3n) is 2.76. The first-order valence-electron chi connectivity index (χ1n) is 4.05. The zero-order valence-electron chi connectivity index (χ0n) is 6.43. The van der Waals surface area contributed by atoms with Crippen molar-refractivity contribution in [1.29, 1.82) is 0 Å². The fourth-order valence-electron chi connectivity index (χ4n) is 2.20. The Hall–Kier alpha value is -0.900. The van der Waals surface area contributed by atoms with E-state index in [1.165, 1.54) is 0 Å². The van der Waals surface area contributed by atoms with E-state index in [2.05, 4.69) is 0 Å². The van der Waals surface area contributed by atoms with Crippen molar-refractivity contribution in [2.24, 2.45) is 11.8 Å². The van der Waals surface area contributed by atoms with Crippen LogP contribution in [0, 0.1) is 11.8 Å². The van der Waals surface area contributed by atoms with E-state index >= 15 is 0 Å². The highest BCUT2D eigenvalue weighted by molar-refractivity contribution is 5.75. The molecular formula is C8H9O4-. The lowest BCUT2D eigenvalue weighted by atomic mass is 9.80. The van der Waals surface area contributed by atoms with E-state index in [0.29, 0.717) is 6.29 Å². The third-order valence-corrected chi connectivity index (χ3v) is 2.76. The summed E-state index contributed by atoms with van der Waals surface area (Å²) in [6.07, 6.45) is 1.78. The minimum absolute atomic E-state index is 0.171. The van der Waals surface area contributed by atoms with Gasteiger partial charge in [-0.25, -0.2) is 0 Å². The summed E-state index contributed by atoms with van der Waals surface area (Å²) in [6.45, 7) is 0. The Labute approximate surface area is 69.5 Å². The van der Waals surface area contributed by atoms with E-state index in [-0.39, 0.29) is 12.2 Å². The average Bonchev–Trinajstić information content (AvgIpc) is 2.60. The fourth-order valence-corrected chi connectivity index (χ4v) is 2.20. The summed E-state index contributed by atoms with van der Waals surface area (Å²) in [7, 11) is 0. The van der Waals surface area contributed by atoms with Crippen molar-refractivity contribution in [3.05, 3.63) is 0 Å². The van der Waals surface area contributed by atoms with Crippen LogP contribution in [0.1, 0.15) is 12.8 Å². The van der Waals surface area contributed by atoms with Crippen LogP contribution in [-0.2, 0) is 14.3 Å². The number of aliphatic carboxylic acids is 1. The summed E-state index contributed by atoms with van der Waals surface area (Å²) in [6, 6.07) is 0. The number of aldehydes is 1. The molecule has 0 aromatic carbocycles. The van der Waals surface area contributed by atoms with E-state index in [1.54, 1.807) is 0 Å². The summed E-state index contributed by atoms with van der Waals surface area (Å²) in [4.78, 5) is 21.2. The van der Waals surface area contributed by atoms with Gasteiger partial charge in [-0.1, -0.05) is 0 Å². The number of rotatable bonds is 2. The van der Waals surface area contributed by atoms with E-state index < -0.39 is 17.8 Å². The lowest BCUT2D eigenvalue weighted by molar-refractivity contribution is -0.313. The second kappa shape index (κ2) is 2.55. The summed E-state index contributed by atoms with van der Waals surface area (Å²) in [5, 5.41) is 10.6. The van der Waals surface area contributed by atoms with Crippen LogP contribution >= 0.6 is 0 Å². The molecule has 2 saturated heterocycles. The van der Waals surface area contributed by atoms with Gasteiger partial charge >= 0.3 is 0 Å². The van der Waals surface area contributed by atoms with Crippen LogP contribution in [-0.4, -0.2) is 24.5 Å². The molecule has 2 rings (SSSR count). The van der Waals surface area contributed by atoms with Gasteiger partial charge in [0.2, 0.25) is 0 Å². The zero-order chi connectivity index (χ0) is 8.72. The molecule has 2 heterocycles. The molecule has 0 saturated carbocycles. The van der Waals surface area contributed by atoms with Crippen molar-refractivity contribution in [3.63, 3.8) is 0 Å². The van der Waals surface area contributed by atoms with Crippen molar-refractivity contribution in [2.45, 2.75) is 25.0 Å². The van der Waals surface area contributed by atoms with Gasteiger partial charge in [0, 0.05) is 11.9 Å². The molecule has 0 spiro atoms. The molecule has 2 bridgehead atoms. The van der Waals surface area contributed by atoms with Crippen molar-refractivity contribution in [3.8, 4) is 0 Å². The van der Waals surface area contributed by atoms with Crippen LogP contribution in [0.4, 0.5) is 0 Å². The molecule has 12 heavy (non-hydrogen) atoms. The van der Waals surface area contributed by atoms with Crippen LogP contribution in [0.3, 0.4) is 0 Å². The standard InChI is InChI=1S/C8H10O4/c9-3-4-5-1-2-6(12-5)7(4)8(10)11/h3-7H,1-2H2,(H,10,11)/p-1/t4-,5-,6+,7-/m0/s1. The summed E-state index contributed by atoms with van der Waals surface area (Å²) in [5.41, 5.74) is 0. The van der Waals surface area contributed by atoms with Crippen LogP contribution < -0.4 is 5.11 Å². The predicted molar refractivity (Wildman–Crippen MR) is 35.9 cm³/mol. The molecule has 0 aromatic heterocycles. The first-order chi connectivity index (χ1) is 5.74. The first kappa shape index (κ1) is 7.73. The Kier molecular flexibility index (Phi) is 1.65. The van der Waals surface area contributed by atoms with Gasteiger partial charge in [0.25, 0.3) is 0 Å². The molecule has 66 valence electrons. The maximum atomic E-state index is 10.6. The Morgan fingerprint density at radius 3 is 2.58 bits per heavy atom. The van der Waals surface area contributed by atoms with Crippen LogP contribution in [0.25, 0.3) is 0 Å². The first-order valence-corrected chi connectivity index (χ1v) is 4.05. The fraction of sp³-hybridized carbons (Fsp3) is 0.750. The minimum atomic E-state index is -1.15. The van der Waals surface area contributed by atoms with Crippen molar-refractivity contribution >= 4 is 12.3 Å². The monoisotopic (exact) mass is 169 g/mol. The van der Waals surface area contributed by atoms with Gasteiger partial charge in [0.05, 0.1) is 18.1 Å². The number of carbonyl (C=O) groups excluding carboxylic acids is 2. The smallest absolute Gasteiger partial charge is 0.126 e.